The Balaban J connectivity index is 1.43. The molecule has 0 bridgehead atoms. The summed E-state index contributed by atoms with van der Waals surface area (Å²) in [5.41, 5.74) is 6.41. The molecule has 0 fully saturated rings. The van der Waals surface area contributed by atoms with Crippen molar-refractivity contribution in [3.63, 3.8) is 0 Å². The van der Waals surface area contributed by atoms with Crippen molar-refractivity contribution >= 4 is 22.7 Å². The van der Waals surface area contributed by atoms with E-state index in [2.05, 4.69) is 36.3 Å². The molecule has 1 amide bonds. The first-order valence-electron chi connectivity index (χ1n) is 10.9. The number of aryl methyl sites for hydroxylation is 2. The number of anilines is 1. The summed E-state index contributed by atoms with van der Waals surface area (Å²) in [5.74, 6) is 1.50. The molecule has 164 valence electrons. The fourth-order valence-corrected chi connectivity index (χ4v) is 3.51. The van der Waals surface area contributed by atoms with Crippen molar-refractivity contribution in [2.24, 2.45) is 0 Å². The number of hydrogen-bond donors (Lipinski definition) is 1. The lowest BCUT2D eigenvalue weighted by Crippen LogP contribution is -2.20. The molecule has 32 heavy (non-hydrogen) atoms. The van der Waals surface area contributed by atoms with E-state index >= 15 is 0 Å². The zero-order valence-electron chi connectivity index (χ0n) is 18.9. The van der Waals surface area contributed by atoms with Gasteiger partial charge in [-0.25, -0.2) is 4.98 Å². The molecule has 3 aromatic carbocycles. The minimum atomic E-state index is -0.218. The molecule has 1 heterocycles. The maximum Gasteiger partial charge on any atom is 0.262 e. The van der Waals surface area contributed by atoms with Crippen molar-refractivity contribution in [3.8, 4) is 17.2 Å². The smallest absolute Gasteiger partial charge is 0.262 e. The van der Waals surface area contributed by atoms with Crippen LogP contribution in [0.1, 0.15) is 42.9 Å². The van der Waals surface area contributed by atoms with Gasteiger partial charge in [-0.2, -0.15) is 0 Å². The Hall–Kier alpha value is -3.60. The number of nitrogens with one attached hydrogen (secondary N) is 1. The predicted octanol–water partition coefficient (Wildman–Crippen LogP) is 6.64. The largest absolute Gasteiger partial charge is 0.484 e. The van der Waals surface area contributed by atoms with Crippen LogP contribution in [0.5, 0.6) is 5.75 Å². The summed E-state index contributed by atoms with van der Waals surface area (Å²) >= 11 is 0. The third-order valence-corrected chi connectivity index (χ3v) is 5.73. The summed E-state index contributed by atoms with van der Waals surface area (Å²) in [6, 6.07) is 19.6. The summed E-state index contributed by atoms with van der Waals surface area (Å²) < 4.78 is 11.6. The molecule has 0 spiro atoms. The molecule has 4 aromatic rings. The molecule has 1 N–H and O–H groups in total. The third kappa shape index (κ3) is 4.83. The molecule has 0 aliphatic heterocycles. The maximum absolute atomic E-state index is 12.5. The monoisotopic (exact) mass is 428 g/mol. The van der Waals surface area contributed by atoms with E-state index in [4.69, 9.17) is 9.15 Å². The van der Waals surface area contributed by atoms with E-state index in [9.17, 15) is 4.79 Å². The van der Waals surface area contributed by atoms with E-state index < -0.39 is 0 Å². The molecule has 0 saturated carbocycles. The molecule has 4 rings (SSSR count). The first-order valence-corrected chi connectivity index (χ1v) is 10.9. The number of nitrogens with zero attached hydrogens (tertiary/aromatic N) is 1. The van der Waals surface area contributed by atoms with Crippen LogP contribution in [0.2, 0.25) is 0 Å². The fourth-order valence-electron chi connectivity index (χ4n) is 3.51. The van der Waals surface area contributed by atoms with E-state index in [0.29, 0.717) is 23.2 Å². The second kappa shape index (κ2) is 9.27. The van der Waals surface area contributed by atoms with Crippen molar-refractivity contribution in [2.75, 3.05) is 11.9 Å². The van der Waals surface area contributed by atoms with E-state index in [1.54, 1.807) is 0 Å². The molecule has 0 unspecified atom stereocenters. The van der Waals surface area contributed by atoms with Crippen LogP contribution in [0.25, 0.3) is 22.6 Å². The molecule has 5 nitrogen and oxygen atoms in total. The van der Waals surface area contributed by atoms with Gasteiger partial charge in [0.15, 0.2) is 12.2 Å². The lowest BCUT2D eigenvalue weighted by atomic mass is 9.99. The van der Waals surface area contributed by atoms with Crippen LogP contribution in [0.3, 0.4) is 0 Å². The molecule has 5 heteroatoms. The Morgan fingerprint density at radius 3 is 2.59 bits per heavy atom. The second-order valence-electron chi connectivity index (χ2n) is 8.24. The summed E-state index contributed by atoms with van der Waals surface area (Å²) in [5, 5.41) is 2.94. The fraction of sp³-hybridized carbons (Fsp3) is 0.259. The Morgan fingerprint density at radius 1 is 1.06 bits per heavy atom. The van der Waals surface area contributed by atoms with Crippen molar-refractivity contribution in [1.82, 2.24) is 4.98 Å². The van der Waals surface area contributed by atoms with Gasteiger partial charge in [0.05, 0.1) is 0 Å². The highest BCUT2D eigenvalue weighted by Gasteiger charge is 2.12. The SMILES string of the molecule is CC[C@@H](C)c1ccc(OCC(=O)Nc2cc(-c3nc4ccc(C)cc4o3)ccc2C)cc1. The number of rotatable bonds is 7. The van der Waals surface area contributed by atoms with E-state index in [0.717, 1.165) is 34.2 Å². The topological polar surface area (TPSA) is 64.4 Å². The Kier molecular flexibility index (Phi) is 6.26. The first kappa shape index (κ1) is 21.6. The molecule has 0 aliphatic carbocycles. The molecule has 0 aliphatic rings. The van der Waals surface area contributed by atoms with Gasteiger partial charge >= 0.3 is 0 Å². The highest BCUT2D eigenvalue weighted by atomic mass is 16.5. The second-order valence-corrected chi connectivity index (χ2v) is 8.24. The number of fused-ring (bicyclic) bond motifs is 1. The Morgan fingerprint density at radius 2 is 1.84 bits per heavy atom. The summed E-state index contributed by atoms with van der Waals surface area (Å²) in [7, 11) is 0. The van der Waals surface area contributed by atoms with Gasteiger partial charge in [-0.15, -0.1) is 0 Å². The number of benzene rings is 3. The molecular weight excluding hydrogens is 400 g/mol. The van der Waals surface area contributed by atoms with Gasteiger partial charge in [0.2, 0.25) is 5.89 Å². The number of amides is 1. The Bertz CT molecular complexity index is 1240. The van der Waals surface area contributed by atoms with E-state index in [-0.39, 0.29) is 12.5 Å². The van der Waals surface area contributed by atoms with Crippen molar-refractivity contribution in [2.45, 2.75) is 40.0 Å². The van der Waals surface area contributed by atoms with Crippen LogP contribution in [0.4, 0.5) is 5.69 Å². The average Bonchev–Trinajstić information content (AvgIpc) is 3.22. The molecule has 1 aromatic heterocycles. The van der Waals surface area contributed by atoms with Crippen LogP contribution in [0, 0.1) is 13.8 Å². The van der Waals surface area contributed by atoms with Gasteiger partial charge in [-0.05, 0) is 79.3 Å². The van der Waals surface area contributed by atoms with Crippen LogP contribution in [0.15, 0.2) is 65.1 Å². The number of ether oxygens (including phenoxy) is 1. The van der Waals surface area contributed by atoms with E-state index in [1.807, 2.05) is 62.4 Å². The van der Waals surface area contributed by atoms with Gasteiger partial charge < -0.3 is 14.5 Å². The number of hydrogen-bond acceptors (Lipinski definition) is 4. The predicted molar refractivity (Wildman–Crippen MR) is 128 cm³/mol. The zero-order chi connectivity index (χ0) is 22.7. The number of carbonyl (C=O) groups is 1. The lowest BCUT2D eigenvalue weighted by Gasteiger charge is -2.12. The third-order valence-electron chi connectivity index (χ3n) is 5.73. The normalized spacial score (nSPS) is 12.0. The lowest BCUT2D eigenvalue weighted by molar-refractivity contribution is -0.118. The van der Waals surface area contributed by atoms with Crippen molar-refractivity contribution < 1.29 is 13.9 Å². The summed E-state index contributed by atoms with van der Waals surface area (Å²) in [6.07, 6.45) is 1.09. The van der Waals surface area contributed by atoms with Crippen LogP contribution < -0.4 is 10.1 Å². The minimum absolute atomic E-state index is 0.0610. The first-order chi connectivity index (χ1) is 15.4. The van der Waals surface area contributed by atoms with Crippen molar-refractivity contribution in [3.05, 3.63) is 77.4 Å². The minimum Gasteiger partial charge on any atom is -0.484 e. The standard InChI is InChI=1S/C27H28N2O3/c1-5-18(3)20-9-11-22(12-10-20)31-16-26(30)28-24-15-21(8-7-19(24)4)27-29-23-13-6-17(2)14-25(23)32-27/h6-15,18H,5,16H2,1-4H3,(H,28,30)/t18-/m1/s1. The quantitative estimate of drug-likeness (QED) is 0.358. The van der Waals surface area contributed by atoms with E-state index in [1.165, 1.54) is 5.56 Å². The highest BCUT2D eigenvalue weighted by molar-refractivity contribution is 5.93. The van der Waals surface area contributed by atoms with Gasteiger partial charge in [-0.1, -0.05) is 38.1 Å². The number of oxazole rings is 1. The number of carbonyl (C=O) groups excluding carboxylic acids is 1. The summed E-state index contributed by atoms with van der Waals surface area (Å²) in [6.45, 7) is 8.27. The number of aromatic nitrogens is 1. The van der Waals surface area contributed by atoms with Gasteiger partial charge in [0.25, 0.3) is 5.91 Å². The van der Waals surface area contributed by atoms with Gasteiger partial charge in [-0.3, -0.25) is 4.79 Å². The van der Waals surface area contributed by atoms with Crippen LogP contribution >= 0.6 is 0 Å². The van der Waals surface area contributed by atoms with Gasteiger partial charge in [0.1, 0.15) is 11.3 Å². The van der Waals surface area contributed by atoms with Gasteiger partial charge in [0, 0.05) is 11.3 Å². The van der Waals surface area contributed by atoms with Crippen LogP contribution in [-0.4, -0.2) is 17.5 Å². The molecular formula is C27H28N2O3. The highest BCUT2D eigenvalue weighted by Crippen LogP contribution is 2.28. The average molecular weight is 429 g/mol. The molecule has 1 atom stereocenters. The van der Waals surface area contributed by atoms with Crippen LogP contribution in [-0.2, 0) is 4.79 Å². The van der Waals surface area contributed by atoms with Crippen molar-refractivity contribution in [1.29, 1.82) is 0 Å². The zero-order valence-corrected chi connectivity index (χ0v) is 18.9. The Labute approximate surface area is 188 Å². The summed E-state index contributed by atoms with van der Waals surface area (Å²) in [4.78, 5) is 17.1. The molecule has 0 saturated heterocycles. The maximum atomic E-state index is 12.5. The molecule has 0 radical (unpaired) electrons.